The van der Waals surface area contributed by atoms with Crippen LogP contribution in [-0.2, 0) is 0 Å². The van der Waals surface area contributed by atoms with Gasteiger partial charge in [0.25, 0.3) is 0 Å². The smallest absolute Gasteiger partial charge is 0.123 e. The molecule has 3 heteroatoms. The molecular weight excluding hydrogens is 280 g/mol. The van der Waals surface area contributed by atoms with E-state index < -0.39 is 0 Å². The molecule has 13 heavy (non-hydrogen) atoms. The fraction of sp³-hybridized carbons (Fsp3) is 0. The molecule has 0 N–H and O–H groups in total. The maximum atomic E-state index is 12.6. The highest BCUT2D eigenvalue weighted by atomic mass is 127. The maximum Gasteiger partial charge on any atom is 0.123 e. The number of benzene rings is 1. The second kappa shape index (κ2) is 3.49. The Balaban J connectivity index is 2.41. The van der Waals surface area contributed by atoms with Crippen LogP contribution < -0.4 is 0 Å². The summed E-state index contributed by atoms with van der Waals surface area (Å²) in [6, 6.07) is 8.44. The third-order valence-electron chi connectivity index (χ3n) is 1.78. The van der Waals surface area contributed by atoms with E-state index in [2.05, 4.69) is 22.6 Å². The molecule has 0 spiro atoms. The molecule has 0 aliphatic rings. The van der Waals surface area contributed by atoms with Crippen LogP contribution >= 0.6 is 22.6 Å². The minimum atomic E-state index is -0.203. The van der Waals surface area contributed by atoms with Gasteiger partial charge in [0.2, 0.25) is 0 Å². The average molecular weight is 287 g/mol. The van der Waals surface area contributed by atoms with Gasteiger partial charge < -0.3 is 4.57 Å². The van der Waals surface area contributed by atoms with E-state index in [1.165, 1.54) is 15.7 Å². The van der Waals surface area contributed by atoms with Crippen molar-refractivity contribution in [1.82, 2.24) is 4.57 Å². The zero-order chi connectivity index (χ0) is 9.26. The normalized spacial score (nSPS) is 10.3. The van der Waals surface area contributed by atoms with Crippen molar-refractivity contribution >= 4 is 22.6 Å². The Labute approximate surface area is 89.3 Å². The van der Waals surface area contributed by atoms with Crippen LogP contribution in [0.4, 0.5) is 4.39 Å². The fourth-order valence-electron chi connectivity index (χ4n) is 1.14. The number of hydrogen-bond donors (Lipinski definition) is 0. The van der Waals surface area contributed by atoms with E-state index in [0.717, 1.165) is 5.69 Å². The first-order valence-electron chi connectivity index (χ1n) is 3.85. The molecule has 1 aromatic carbocycles. The van der Waals surface area contributed by atoms with Gasteiger partial charge in [0.1, 0.15) is 5.82 Å². The van der Waals surface area contributed by atoms with Gasteiger partial charge in [-0.25, -0.2) is 4.39 Å². The van der Waals surface area contributed by atoms with Gasteiger partial charge in [-0.1, -0.05) is 0 Å². The molecule has 2 aromatic rings. The third-order valence-corrected chi connectivity index (χ3v) is 2.42. The summed E-state index contributed by atoms with van der Waals surface area (Å²) >= 11 is 2.24. The van der Waals surface area contributed by atoms with Crippen LogP contribution in [0.1, 0.15) is 0 Å². The minimum absolute atomic E-state index is 0.203. The lowest BCUT2D eigenvalue weighted by atomic mass is 10.3. The van der Waals surface area contributed by atoms with Gasteiger partial charge in [-0.2, -0.15) is 0 Å². The van der Waals surface area contributed by atoms with Crippen molar-refractivity contribution in [3.8, 4) is 5.69 Å². The van der Waals surface area contributed by atoms with Gasteiger partial charge >= 0.3 is 0 Å². The van der Waals surface area contributed by atoms with Crippen molar-refractivity contribution in [1.29, 1.82) is 0 Å². The molecule has 1 heterocycles. The van der Waals surface area contributed by atoms with Crippen LogP contribution in [0.3, 0.4) is 0 Å². The Hall–Kier alpha value is -0.840. The van der Waals surface area contributed by atoms with Crippen molar-refractivity contribution in [2.75, 3.05) is 0 Å². The number of aromatic nitrogens is 1. The van der Waals surface area contributed by atoms with E-state index in [9.17, 15) is 4.39 Å². The number of nitrogens with zero attached hydrogens (tertiary/aromatic N) is 1. The molecule has 66 valence electrons. The fourth-order valence-corrected chi connectivity index (χ4v) is 1.61. The lowest BCUT2D eigenvalue weighted by Gasteiger charge is -2.00. The lowest BCUT2D eigenvalue weighted by Crippen LogP contribution is -1.88. The Morgan fingerprint density at radius 3 is 2.31 bits per heavy atom. The highest BCUT2D eigenvalue weighted by Crippen LogP contribution is 2.12. The summed E-state index contributed by atoms with van der Waals surface area (Å²) < 4.78 is 15.7. The molecule has 0 atom stereocenters. The summed E-state index contributed by atoms with van der Waals surface area (Å²) in [5, 5.41) is 0. The van der Waals surface area contributed by atoms with Crippen LogP contribution in [0.5, 0.6) is 0 Å². The second-order valence-electron chi connectivity index (χ2n) is 2.71. The molecule has 0 aliphatic heterocycles. The van der Waals surface area contributed by atoms with E-state index in [-0.39, 0.29) is 5.82 Å². The average Bonchev–Trinajstić information content (AvgIpc) is 2.53. The monoisotopic (exact) mass is 287 g/mol. The molecule has 0 saturated carbocycles. The highest BCUT2D eigenvalue weighted by Gasteiger charge is 1.96. The molecule has 0 aliphatic carbocycles. The first-order valence-corrected chi connectivity index (χ1v) is 4.93. The quantitative estimate of drug-likeness (QED) is 0.710. The molecule has 0 unspecified atom stereocenters. The number of halogens is 2. The summed E-state index contributed by atoms with van der Waals surface area (Å²) in [4.78, 5) is 0. The van der Waals surface area contributed by atoms with E-state index in [1.54, 1.807) is 12.1 Å². The Kier molecular flexibility index (Phi) is 2.35. The molecular formula is C10H7FIN. The van der Waals surface area contributed by atoms with Crippen molar-refractivity contribution in [2.45, 2.75) is 0 Å². The predicted molar refractivity (Wildman–Crippen MR) is 58.4 cm³/mol. The van der Waals surface area contributed by atoms with Gasteiger partial charge in [0.15, 0.2) is 0 Å². The lowest BCUT2D eigenvalue weighted by molar-refractivity contribution is 0.627. The number of rotatable bonds is 1. The Morgan fingerprint density at radius 2 is 1.77 bits per heavy atom. The van der Waals surface area contributed by atoms with Crippen LogP contribution in [-0.4, -0.2) is 4.57 Å². The minimum Gasteiger partial charge on any atom is -0.323 e. The van der Waals surface area contributed by atoms with E-state index >= 15 is 0 Å². The molecule has 0 radical (unpaired) electrons. The van der Waals surface area contributed by atoms with E-state index in [1.807, 2.05) is 23.0 Å². The standard InChI is InChI=1S/C10H7FIN/c11-8-1-3-10(4-2-8)13-6-5-9(12)7-13/h1-7H. The molecule has 0 amide bonds. The SMILES string of the molecule is Fc1ccc(-n2ccc(I)c2)cc1. The highest BCUT2D eigenvalue weighted by molar-refractivity contribution is 14.1. The molecule has 2 rings (SSSR count). The molecule has 1 nitrogen and oxygen atoms in total. The first kappa shape index (κ1) is 8.74. The van der Waals surface area contributed by atoms with Crippen molar-refractivity contribution in [3.05, 3.63) is 52.1 Å². The summed E-state index contributed by atoms with van der Waals surface area (Å²) in [7, 11) is 0. The summed E-state index contributed by atoms with van der Waals surface area (Å²) in [5.41, 5.74) is 0.976. The summed E-state index contributed by atoms with van der Waals surface area (Å²) in [6.07, 6.45) is 3.95. The van der Waals surface area contributed by atoms with Crippen LogP contribution in [0, 0.1) is 9.39 Å². The molecule has 1 aromatic heterocycles. The van der Waals surface area contributed by atoms with Crippen LogP contribution in [0.15, 0.2) is 42.7 Å². The molecule has 0 bridgehead atoms. The number of hydrogen-bond acceptors (Lipinski definition) is 0. The summed E-state index contributed by atoms with van der Waals surface area (Å²) in [5.74, 6) is -0.203. The van der Waals surface area contributed by atoms with Crippen molar-refractivity contribution < 1.29 is 4.39 Å². The van der Waals surface area contributed by atoms with Crippen LogP contribution in [0.25, 0.3) is 5.69 Å². The second-order valence-corrected chi connectivity index (χ2v) is 3.96. The summed E-state index contributed by atoms with van der Waals surface area (Å²) in [6.45, 7) is 0. The Bertz CT molecular complexity index is 405. The Morgan fingerprint density at radius 1 is 1.08 bits per heavy atom. The predicted octanol–water partition coefficient (Wildman–Crippen LogP) is 3.22. The maximum absolute atomic E-state index is 12.6. The molecule has 0 saturated heterocycles. The molecule has 0 fully saturated rings. The zero-order valence-corrected chi connectivity index (χ0v) is 8.90. The van der Waals surface area contributed by atoms with Gasteiger partial charge in [-0.15, -0.1) is 0 Å². The first-order chi connectivity index (χ1) is 6.25. The van der Waals surface area contributed by atoms with Gasteiger partial charge in [0, 0.05) is 21.7 Å². The van der Waals surface area contributed by atoms with E-state index in [0.29, 0.717) is 0 Å². The largest absolute Gasteiger partial charge is 0.323 e. The van der Waals surface area contributed by atoms with Crippen LogP contribution in [0.2, 0.25) is 0 Å². The van der Waals surface area contributed by atoms with Gasteiger partial charge in [-0.05, 0) is 52.9 Å². The third kappa shape index (κ3) is 1.91. The zero-order valence-electron chi connectivity index (χ0n) is 6.74. The van der Waals surface area contributed by atoms with Crippen molar-refractivity contribution in [2.24, 2.45) is 0 Å². The van der Waals surface area contributed by atoms with Gasteiger partial charge in [-0.3, -0.25) is 0 Å². The topological polar surface area (TPSA) is 4.93 Å². The van der Waals surface area contributed by atoms with Crippen molar-refractivity contribution in [3.63, 3.8) is 0 Å². The van der Waals surface area contributed by atoms with Gasteiger partial charge in [0.05, 0.1) is 0 Å². The van der Waals surface area contributed by atoms with E-state index in [4.69, 9.17) is 0 Å².